The highest BCUT2D eigenvalue weighted by Gasteiger charge is 2.16. The fourth-order valence-electron chi connectivity index (χ4n) is 2.62. The van der Waals surface area contributed by atoms with E-state index in [0.29, 0.717) is 30.0 Å². The number of hydrogen-bond donors (Lipinski definition) is 2. The Labute approximate surface area is 127 Å². The molecule has 1 fully saturated rings. The molecule has 0 saturated carbocycles. The van der Waals surface area contributed by atoms with E-state index in [1.165, 1.54) is 38.7 Å². The van der Waals surface area contributed by atoms with Crippen LogP contribution in [0.25, 0.3) is 0 Å². The summed E-state index contributed by atoms with van der Waals surface area (Å²) >= 11 is 0. The van der Waals surface area contributed by atoms with E-state index in [4.69, 9.17) is 10.5 Å². The molecule has 1 unspecified atom stereocenters. The van der Waals surface area contributed by atoms with E-state index in [2.05, 4.69) is 34.0 Å². The Morgan fingerprint density at radius 3 is 2.81 bits per heavy atom. The van der Waals surface area contributed by atoms with Crippen molar-refractivity contribution >= 4 is 11.5 Å². The summed E-state index contributed by atoms with van der Waals surface area (Å²) in [5.41, 5.74) is 6.58. The number of hydrogen-bond acceptors (Lipinski definition) is 6. The van der Waals surface area contributed by atoms with Gasteiger partial charge in [0.2, 0.25) is 5.88 Å². The van der Waals surface area contributed by atoms with Crippen LogP contribution in [0.2, 0.25) is 0 Å². The minimum Gasteiger partial charge on any atom is -0.476 e. The van der Waals surface area contributed by atoms with Crippen LogP contribution < -0.4 is 15.8 Å². The van der Waals surface area contributed by atoms with Crippen molar-refractivity contribution in [1.29, 1.82) is 0 Å². The van der Waals surface area contributed by atoms with Crippen LogP contribution >= 0.6 is 0 Å². The van der Waals surface area contributed by atoms with Crippen molar-refractivity contribution in [1.82, 2.24) is 14.9 Å². The van der Waals surface area contributed by atoms with Gasteiger partial charge in [-0.15, -0.1) is 0 Å². The molecule has 21 heavy (non-hydrogen) atoms. The summed E-state index contributed by atoms with van der Waals surface area (Å²) in [6.07, 6.45) is 6.39. The molecule has 0 aromatic carbocycles. The van der Waals surface area contributed by atoms with E-state index in [1.807, 2.05) is 0 Å². The minimum absolute atomic E-state index is 0.291. The highest BCUT2D eigenvalue weighted by molar-refractivity contribution is 5.66. The molecule has 0 aliphatic carbocycles. The molecule has 6 heteroatoms. The number of ether oxygens (including phenoxy) is 1. The Bertz CT molecular complexity index is 434. The predicted molar refractivity (Wildman–Crippen MR) is 85.6 cm³/mol. The monoisotopic (exact) mass is 293 g/mol. The van der Waals surface area contributed by atoms with Gasteiger partial charge in [-0.25, -0.2) is 4.98 Å². The lowest BCUT2D eigenvalue weighted by Gasteiger charge is -2.29. The molecular formula is C15H27N5O. The Balaban J connectivity index is 1.91. The molecule has 3 N–H and O–H groups in total. The maximum absolute atomic E-state index is 6.08. The average Bonchev–Trinajstić information content (AvgIpc) is 2.49. The third-order valence-electron chi connectivity index (χ3n) is 3.65. The van der Waals surface area contributed by atoms with E-state index < -0.39 is 0 Å². The summed E-state index contributed by atoms with van der Waals surface area (Å²) in [5, 5.41) is 3.38. The van der Waals surface area contributed by atoms with Crippen LogP contribution in [-0.4, -0.2) is 47.2 Å². The third-order valence-corrected chi connectivity index (χ3v) is 3.65. The third kappa shape index (κ3) is 4.74. The van der Waals surface area contributed by atoms with Crippen LogP contribution in [0.3, 0.4) is 0 Å². The Morgan fingerprint density at radius 1 is 1.33 bits per heavy atom. The summed E-state index contributed by atoms with van der Waals surface area (Å²) in [6.45, 7) is 8.21. The van der Waals surface area contributed by atoms with Crippen LogP contribution in [0.5, 0.6) is 5.88 Å². The fourth-order valence-corrected chi connectivity index (χ4v) is 2.62. The molecule has 2 rings (SSSR count). The van der Waals surface area contributed by atoms with Gasteiger partial charge in [0.1, 0.15) is 12.0 Å². The van der Waals surface area contributed by atoms with Crippen molar-refractivity contribution in [2.24, 2.45) is 0 Å². The molecule has 6 nitrogen and oxygen atoms in total. The first-order chi connectivity index (χ1) is 10.2. The van der Waals surface area contributed by atoms with E-state index in [0.717, 1.165) is 13.0 Å². The SMILES string of the molecule is CCCOc1ncnc(NC(C)CN2CCCCC2)c1N. The number of nitrogens with one attached hydrogen (secondary N) is 1. The van der Waals surface area contributed by atoms with Gasteiger partial charge in [0, 0.05) is 12.6 Å². The highest BCUT2D eigenvalue weighted by atomic mass is 16.5. The largest absolute Gasteiger partial charge is 0.476 e. The zero-order valence-corrected chi connectivity index (χ0v) is 13.1. The predicted octanol–water partition coefficient (Wildman–Crippen LogP) is 2.13. The van der Waals surface area contributed by atoms with E-state index in [-0.39, 0.29) is 0 Å². The van der Waals surface area contributed by atoms with Crippen LogP contribution in [0.4, 0.5) is 11.5 Å². The number of rotatable bonds is 7. The van der Waals surface area contributed by atoms with Crippen LogP contribution in [0, 0.1) is 0 Å². The van der Waals surface area contributed by atoms with Crippen molar-refractivity contribution in [3.05, 3.63) is 6.33 Å². The number of piperidine rings is 1. The van der Waals surface area contributed by atoms with Crippen LogP contribution in [0.15, 0.2) is 6.33 Å². The van der Waals surface area contributed by atoms with Crippen molar-refractivity contribution < 1.29 is 4.74 Å². The molecule has 1 aromatic heterocycles. The molecule has 1 atom stereocenters. The lowest BCUT2D eigenvalue weighted by Crippen LogP contribution is -2.38. The standard InChI is InChI=1S/C15H27N5O/c1-3-9-21-15-13(16)14(17-11-18-15)19-12(2)10-20-7-5-4-6-8-20/h11-12H,3-10,16H2,1-2H3,(H,17,18,19). The lowest BCUT2D eigenvalue weighted by molar-refractivity contribution is 0.223. The van der Waals surface area contributed by atoms with Gasteiger partial charge in [0.25, 0.3) is 0 Å². The van der Waals surface area contributed by atoms with Gasteiger partial charge >= 0.3 is 0 Å². The van der Waals surface area contributed by atoms with Crippen molar-refractivity contribution in [3.8, 4) is 5.88 Å². The smallest absolute Gasteiger partial charge is 0.242 e. The van der Waals surface area contributed by atoms with Gasteiger partial charge in [-0.1, -0.05) is 13.3 Å². The van der Waals surface area contributed by atoms with Crippen molar-refractivity contribution in [2.45, 2.75) is 45.6 Å². The van der Waals surface area contributed by atoms with Crippen LogP contribution in [-0.2, 0) is 0 Å². The molecule has 1 aromatic rings. The minimum atomic E-state index is 0.291. The molecule has 1 aliphatic rings. The number of likely N-dealkylation sites (tertiary alicyclic amines) is 1. The lowest BCUT2D eigenvalue weighted by atomic mass is 10.1. The van der Waals surface area contributed by atoms with Crippen LogP contribution in [0.1, 0.15) is 39.5 Å². The molecule has 0 spiro atoms. The maximum atomic E-state index is 6.08. The van der Waals surface area contributed by atoms with Gasteiger partial charge in [-0.2, -0.15) is 4.98 Å². The normalized spacial score (nSPS) is 17.4. The second kappa shape index (κ2) is 8.02. The van der Waals surface area contributed by atoms with E-state index in [9.17, 15) is 0 Å². The Kier molecular flexibility index (Phi) is 6.04. The van der Waals surface area contributed by atoms with Gasteiger partial charge in [-0.05, 0) is 39.3 Å². The zero-order valence-electron chi connectivity index (χ0n) is 13.1. The second-order valence-electron chi connectivity index (χ2n) is 5.70. The second-order valence-corrected chi connectivity index (χ2v) is 5.70. The quantitative estimate of drug-likeness (QED) is 0.802. The number of anilines is 2. The molecule has 118 valence electrons. The van der Waals surface area contributed by atoms with E-state index >= 15 is 0 Å². The zero-order chi connectivity index (χ0) is 15.1. The van der Waals surface area contributed by atoms with Crippen molar-refractivity contribution in [3.63, 3.8) is 0 Å². The van der Waals surface area contributed by atoms with Crippen molar-refractivity contribution in [2.75, 3.05) is 37.3 Å². The Hall–Kier alpha value is -1.56. The first kappa shape index (κ1) is 15.8. The molecule has 0 amide bonds. The van der Waals surface area contributed by atoms with E-state index in [1.54, 1.807) is 0 Å². The Morgan fingerprint density at radius 2 is 2.10 bits per heavy atom. The maximum Gasteiger partial charge on any atom is 0.242 e. The number of nitrogen functional groups attached to an aromatic ring is 1. The first-order valence-corrected chi connectivity index (χ1v) is 7.93. The molecule has 1 aliphatic heterocycles. The number of aromatic nitrogens is 2. The molecular weight excluding hydrogens is 266 g/mol. The summed E-state index contributed by atoms with van der Waals surface area (Å²) in [6, 6.07) is 0.291. The van der Waals surface area contributed by atoms with Gasteiger partial charge in [0.05, 0.1) is 6.61 Å². The molecule has 0 radical (unpaired) electrons. The molecule has 0 bridgehead atoms. The number of nitrogens with two attached hydrogens (primary N) is 1. The van der Waals surface area contributed by atoms with Gasteiger partial charge < -0.3 is 20.7 Å². The highest BCUT2D eigenvalue weighted by Crippen LogP contribution is 2.25. The van der Waals surface area contributed by atoms with Gasteiger partial charge in [-0.3, -0.25) is 0 Å². The fraction of sp³-hybridized carbons (Fsp3) is 0.733. The molecule has 2 heterocycles. The summed E-state index contributed by atoms with van der Waals surface area (Å²) in [7, 11) is 0. The summed E-state index contributed by atoms with van der Waals surface area (Å²) in [5.74, 6) is 1.14. The summed E-state index contributed by atoms with van der Waals surface area (Å²) in [4.78, 5) is 10.8. The molecule has 1 saturated heterocycles. The topological polar surface area (TPSA) is 76.3 Å². The number of nitrogens with zero attached hydrogens (tertiary/aromatic N) is 3. The summed E-state index contributed by atoms with van der Waals surface area (Å²) < 4.78 is 5.53. The first-order valence-electron chi connectivity index (χ1n) is 7.93. The average molecular weight is 293 g/mol. The van der Waals surface area contributed by atoms with Gasteiger partial charge in [0.15, 0.2) is 5.82 Å².